The van der Waals surface area contributed by atoms with Gasteiger partial charge in [-0.3, -0.25) is 4.98 Å². The number of halogens is 1. The first-order valence-corrected chi connectivity index (χ1v) is 6.09. The molecule has 0 aliphatic rings. The van der Waals surface area contributed by atoms with Crippen LogP contribution in [0.4, 0.5) is 0 Å². The number of rotatable bonds is 2. The van der Waals surface area contributed by atoms with Gasteiger partial charge >= 0.3 is 11.9 Å². The Hall–Kier alpha value is -2.14. The number of pyridine rings is 1. The predicted octanol–water partition coefficient (Wildman–Crippen LogP) is 3.21. The Morgan fingerprint density at radius 2 is 2.37 bits per heavy atom. The molecule has 2 heterocycles. The van der Waals surface area contributed by atoms with Crippen LogP contribution < -0.4 is 0 Å². The lowest BCUT2D eigenvalue weighted by Gasteiger charge is -1.98. The monoisotopic (exact) mass is 276 g/mol. The molecule has 96 valence electrons. The summed E-state index contributed by atoms with van der Waals surface area (Å²) in [7, 11) is 0. The Morgan fingerprint density at radius 1 is 1.53 bits per heavy atom. The van der Waals surface area contributed by atoms with Gasteiger partial charge in [0.1, 0.15) is 11.0 Å². The van der Waals surface area contributed by atoms with Crippen LogP contribution in [0.15, 0.2) is 28.8 Å². The van der Waals surface area contributed by atoms with E-state index in [0.29, 0.717) is 21.6 Å². The van der Waals surface area contributed by atoms with Gasteiger partial charge in [0.2, 0.25) is 0 Å². The van der Waals surface area contributed by atoms with E-state index in [1.54, 1.807) is 25.3 Å². The summed E-state index contributed by atoms with van der Waals surface area (Å²) in [6.45, 7) is 1.98. The van der Waals surface area contributed by atoms with Crippen molar-refractivity contribution < 1.29 is 13.9 Å². The molecule has 6 heteroatoms. The molecule has 1 aromatic carbocycles. The maximum atomic E-state index is 11.6. The summed E-state index contributed by atoms with van der Waals surface area (Å²) in [5.41, 5.74) is 1.50. The van der Waals surface area contributed by atoms with Crippen molar-refractivity contribution in [2.75, 3.05) is 6.61 Å². The van der Waals surface area contributed by atoms with Crippen molar-refractivity contribution in [3.05, 3.63) is 35.3 Å². The Kier molecular flexibility index (Phi) is 2.83. The fourth-order valence-electron chi connectivity index (χ4n) is 1.86. The molecule has 3 rings (SSSR count). The van der Waals surface area contributed by atoms with Gasteiger partial charge in [-0.05, 0) is 25.1 Å². The van der Waals surface area contributed by atoms with E-state index in [1.165, 1.54) is 0 Å². The van der Waals surface area contributed by atoms with E-state index in [4.69, 9.17) is 20.8 Å². The second-order valence-electron chi connectivity index (χ2n) is 3.85. The lowest BCUT2D eigenvalue weighted by Crippen LogP contribution is -2.04. The van der Waals surface area contributed by atoms with Gasteiger partial charge in [-0.1, -0.05) is 11.6 Å². The van der Waals surface area contributed by atoms with Gasteiger partial charge in [-0.15, -0.1) is 0 Å². The van der Waals surface area contributed by atoms with Crippen molar-refractivity contribution in [3.63, 3.8) is 0 Å². The highest BCUT2D eigenvalue weighted by Gasteiger charge is 2.18. The zero-order valence-corrected chi connectivity index (χ0v) is 10.8. The number of carbonyl (C=O) groups excluding carboxylic acids is 1. The second kappa shape index (κ2) is 4.51. The topological polar surface area (TPSA) is 65.2 Å². The van der Waals surface area contributed by atoms with E-state index in [2.05, 4.69) is 9.97 Å². The molecule has 0 unspecified atom stereocenters. The predicted molar refractivity (Wildman–Crippen MR) is 70.3 cm³/mol. The fraction of sp³-hybridized carbons (Fsp3) is 0.154. The molecule has 0 aliphatic carbocycles. The van der Waals surface area contributed by atoms with Crippen LogP contribution in [0.25, 0.3) is 22.0 Å². The molecule has 5 nitrogen and oxygen atoms in total. The van der Waals surface area contributed by atoms with Gasteiger partial charge in [0.15, 0.2) is 5.58 Å². The third-order valence-corrected chi connectivity index (χ3v) is 2.96. The molecule has 0 saturated carbocycles. The minimum Gasteiger partial charge on any atom is -0.459 e. The number of hydrogen-bond acceptors (Lipinski definition) is 5. The van der Waals surface area contributed by atoms with Crippen LogP contribution in [0.1, 0.15) is 17.6 Å². The number of benzene rings is 1. The van der Waals surface area contributed by atoms with Crippen molar-refractivity contribution >= 4 is 39.6 Å². The van der Waals surface area contributed by atoms with E-state index in [-0.39, 0.29) is 12.5 Å². The molecule has 0 N–H and O–H groups in total. The minimum atomic E-state index is -0.598. The van der Waals surface area contributed by atoms with E-state index in [0.717, 1.165) is 5.39 Å². The molecule has 0 atom stereocenters. The Labute approximate surface area is 113 Å². The smallest absolute Gasteiger partial charge is 0.394 e. The first-order chi connectivity index (χ1) is 9.20. The number of fused-ring (bicyclic) bond motifs is 3. The third-order valence-electron chi connectivity index (χ3n) is 2.65. The van der Waals surface area contributed by atoms with E-state index in [9.17, 15) is 4.79 Å². The van der Waals surface area contributed by atoms with Crippen LogP contribution in [-0.4, -0.2) is 22.5 Å². The number of ether oxygens (including phenoxy) is 1. The Morgan fingerprint density at radius 3 is 3.16 bits per heavy atom. The van der Waals surface area contributed by atoms with Gasteiger partial charge in [-0.25, -0.2) is 9.78 Å². The van der Waals surface area contributed by atoms with Gasteiger partial charge in [0.25, 0.3) is 0 Å². The van der Waals surface area contributed by atoms with Crippen LogP contribution in [-0.2, 0) is 4.74 Å². The highest BCUT2D eigenvalue weighted by Crippen LogP contribution is 2.30. The summed E-state index contributed by atoms with van der Waals surface area (Å²) in [6.07, 6.45) is 1.63. The number of nitrogens with zero attached hydrogens (tertiary/aromatic N) is 2. The fourth-order valence-corrected chi connectivity index (χ4v) is 2.11. The summed E-state index contributed by atoms with van der Waals surface area (Å²) in [5.74, 6) is -0.690. The number of oxazole rings is 1. The summed E-state index contributed by atoms with van der Waals surface area (Å²) >= 11 is 6.15. The Bertz CT molecular complexity index is 782. The van der Waals surface area contributed by atoms with E-state index < -0.39 is 5.97 Å². The van der Waals surface area contributed by atoms with Crippen molar-refractivity contribution in [3.8, 4) is 0 Å². The molecule has 0 bridgehead atoms. The average molecular weight is 277 g/mol. The average Bonchev–Trinajstić information content (AvgIpc) is 2.83. The molecule has 2 aromatic heterocycles. The Balaban J connectivity index is 2.28. The molecule has 0 spiro atoms. The summed E-state index contributed by atoms with van der Waals surface area (Å²) in [6, 6.07) is 5.26. The maximum absolute atomic E-state index is 11.6. The van der Waals surface area contributed by atoms with E-state index in [1.807, 2.05) is 6.07 Å². The zero-order valence-electron chi connectivity index (χ0n) is 10.0. The lowest BCUT2D eigenvalue weighted by molar-refractivity contribution is 0.0483. The van der Waals surface area contributed by atoms with Crippen molar-refractivity contribution in [1.82, 2.24) is 9.97 Å². The molecular weight excluding hydrogens is 268 g/mol. The highest BCUT2D eigenvalue weighted by molar-refractivity contribution is 6.36. The highest BCUT2D eigenvalue weighted by atomic mass is 35.5. The zero-order chi connectivity index (χ0) is 13.4. The number of carbonyl (C=O) groups is 1. The first-order valence-electron chi connectivity index (χ1n) is 5.71. The van der Waals surface area contributed by atoms with Gasteiger partial charge in [-0.2, -0.15) is 0 Å². The SMILES string of the molecule is CCOC(=O)c1nc2cc(Cl)c3cccnc3c2o1. The quantitative estimate of drug-likeness (QED) is 0.673. The van der Waals surface area contributed by atoms with Gasteiger partial charge in [0.05, 0.1) is 11.6 Å². The van der Waals surface area contributed by atoms with Gasteiger partial charge in [0, 0.05) is 11.6 Å². The van der Waals surface area contributed by atoms with Crippen LogP contribution in [0, 0.1) is 0 Å². The lowest BCUT2D eigenvalue weighted by atomic mass is 10.2. The molecule has 0 fully saturated rings. The van der Waals surface area contributed by atoms with Crippen LogP contribution in [0.5, 0.6) is 0 Å². The largest absolute Gasteiger partial charge is 0.459 e. The molecule has 0 aliphatic heterocycles. The minimum absolute atomic E-state index is 0.0916. The summed E-state index contributed by atoms with van der Waals surface area (Å²) in [5, 5.41) is 1.27. The van der Waals surface area contributed by atoms with E-state index >= 15 is 0 Å². The molecule has 0 saturated heterocycles. The molecule has 3 aromatic rings. The number of esters is 1. The standard InChI is InChI=1S/C13H9ClN2O3/c1-2-18-13(17)12-16-9-6-8(14)7-4-3-5-15-10(7)11(9)19-12/h3-6H,2H2,1H3. The molecular formula is C13H9ClN2O3. The normalized spacial score (nSPS) is 11.1. The summed E-state index contributed by atoms with van der Waals surface area (Å²) in [4.78, 5) is 19.9. The first kappa shape index (κ1) is 11.9. The van der Waals surface area contributed by atoms with Crippen LogP contribution >= 0.6 is 11.6 Å². The van der Waals surface area contributed by atoms with Crippen LogP contribution in [0.2, 0.25) is 5.02 Å². The number of aromatic nitrogens is 2. The molecule has 0 amide bonds. The maximum Gasteiger partial charge on any atom is 0.394 e. The molecule has 19 heavy (non-hydrogen) atoms. The second-order valence-corrected chi connectivity index (χ2v) is 4.25. The van der Waals surface area contributed by atoms with Crippen molar-refractivity contribution in [2.45, 2.75) is 6.92 Å². The summed E-state index contributed by atoms with van der Waals surface area (Å²) < 4.78 is 10.3. The van der Waals surface area contributed by atoms with Crippen molar-refractivity contribution in [1.29, 1.82) is 0 Å². The van der Waals surface area contributed by atoms with Gasteiger partial charge < -0.3 is 9.15 Å². The molecule has 0 radical (unpaired) electrons. The third kappa shape index (κ3) is 1.92. The van der Waals surface area contributed by atoms with Crippen LogP contribution in [0.3, 0.4) is 0 Å². The van der Waals surface area contributed by atoms with Crippen molar-refractivity contribution in [2.24, 2.45) is 0 Å². The number of hydrogen-bond donors (Lipinski definition) is 0.